The second-order valence-corrected chi connectivity index (χ2v) is 4.20. The van der Waals surface area contributed by atoms with Crippen molar-refractivity contribution in [2.24, 2.45) is 0 Å². The number of aliphatic carboxylic acids is 1. The van der Waals surface area contributed by atoms with E-state index in [2.05, 4.69) is 11.4 Å². The van der Waals surface area contributed by atoms with Crippen molar-refractivity contribution in [1.82, 2.24) is 0 Å². The summed E-state index contributed by atoms with van der Waals surface area (Å²) in [7, 11) is 0. The first-order valence-electron chi connectivity index (χ1n) is 5.97. The molecule has 0 atom stereocenters. The molecule has 2 N–H and O–H groups in total. The average Bonchev–Trinajstić information content (AvgIpc) is 2.75. The fourth-order valence-electron chi connectivity index (χ4n) is 1.93. The van der Waals surface area contributed by atoms with Crippen molar-refractivity contribution in [3.8, 4) is 5.75 Å². The number of carboxylic acids is 1. The number of anilines is 1. The molecular formula is C13H17NO3. The minimum atomic E-state index is -0.723. The zero-order valence-electron chi connectivity index (χ0n) is 9.74. The van der Waals surface area contributed by atoms with Crippen LogP contribution in [-0.2, 0) is 11.2 Å². The van der Waals surface area contributed by atoms with Crippen LogP contribution in [-0.4, -0.2) is 24.2 Å². The van der Waals surface area contributed by atoms with Gasteiger partial charge in [0.2, 0.25) is 0 Å². The van der Waals surface area contributed by atoms with Crippen LogP contribution in [0.5, 0.6) is 5.75 Å². The van der Waals surface area contributed by atoms with Gasteiger partial charge >= 0.3 is 5.97 Å². The Morgan fingerprint density at radius 1 is 1.41 bits per heavy atom. The highest BCUT2D eigenvalue weighted by molar-refractivity contribution is 5.66. The maximum atomic E-state index is 10.3. The van der Waals surface area contributed by atoms with Crippen LogP contribution in [0.3, 0.4) is 0 Å². The van der Waals surface area contributed by atoms with Crippen molar-refractivity contribution in [1.29, 1.82) is 0 Å². The van der Waals surface area contributed by atoms with Gasteiger partial charge in [0.1, 0.15) is 5.75 Å². The predicted octanol–water partition coefficient (Wildman–Crippen LogP) is 2.29. The van der Waals surface area contributed by atoms with E-state index >= 15 is 0 Å². The zero-order chi connectivity index (χ0) is 12.1. The van der Waals surface area contributed by atoms with Gasteiger partial charge in [-0.15, -0.1) is 0 Å². The van der Waals surface area contributed by atoms with Crippen LogP contribution in [0.2, 0.25) is 0 Å². The van der Waals surface area contributed by atoms with E-state index in [1.54, 1.807) is 0 Å². The zero-order valence-corrected chi connectivity index (χ0v) is 9.74. The van der Waals surface area contributed by atoms with Gasteiger partial charge in [0.25, 0.3) is 0 Å². The predicted molar refractivity (Wildman–Crippen MR) is 65.6 cm³/mol. The highest BCUT2D eigenvalue weighted by atomic mass is 16.5. The number of fused-ring (bicyclic) bond motifs is 1. The molecule has 0 unspecified atom stereocenters. The van der Waals surface area contributed by atoms with Crippen LogP contribution in [0.1, 0.15) is 24.8 Å². The molecular weight excluding hydrogens is 218 g/mol. The molecule has 0 radical (unpaired) electrons. The summed E-state index contributed by atoms with van der Waals surface area (Å²) in [6.07, 6.45) is 2.82. The Bertz CT molecular complexity index is 404. The lowest BCUT2D eigenvalue weighted by Gasteiger charge is -2.07. The summed E-state index contributed by atoms with van der Waals surface area (Å²) in [5, 5.41) is 11.8. The van der Waals surface area contributed by atoms with Crippen molar-refractivity contribution >= 4 is 11.7 Å². The van der Waals surface area contributed by atoms with Crippen LogP contribution in [0, 0.1) is 0 Å². The average molecular weight is 235 g/mol. The molecule has 0 fully saturated rings. The Hall–Kier alpha value is -1.71. The molecule has 1 heterocycles. The molecule has 0 spiro atoms. The van der Waals surface area contributed by atoms with E-state index in [1.165, 1.54) is 5.56 Å². The first-order valence-corrected chi connectivity index (χ1v) is 5.97. The Morgan fingerprint density at radius 2 is 2.29 bits per heavy atom. The molecule has 92 valence electrons. The summed E-state index contributed by atoms with van der Waals surface area (Å²) in [6.45, 7) is 1.59. The molecule has 1 aliphatic heterocycles. The topological polar surface area (TPSA) is 58.6 Å². The van der Waals surface area contributed by atoms with Crippen molar-refractivity contribution in [2.45, 2.75) is 25.7 Å². The van der Waals surface area contributed by atoms with Crippen LogP contribution in [0.4, 0.5) is 5.69 Å². The molecule has 0 amide bonds. The summed E-state index contributed by atoms with van der Waals surface area (Å²) in [5.74, 6) is 0.265. The van der Waals surface area contributed by atoms with E-state index in [4.69, 9.17) is 9.84 Å². The fraction of sp³-hybridized carbons (Fsp3) is 0.462. The summed E-state index contributed by atoms with van der Waals surface area (Å²) >= 11 is 0. The lowest BCUT2D eigenvalue weighted by molar-refractivity contribution is -0.137. The molecule has 1 aliphatic rings. The van der Waals surface area contributed by atoms with Gasteiger partial charge in [-0.3, -0.25) is 4.79 Å². The number of rotatable bonds is 6. The number of hydrogen-bond donors (Lipinski definition) is 2. The van der Waals surface area contributed by atoms with Gasteiger partial charge in [0.05, 0.1) is 6.61 Å². The first kappa shape index (κ1) is 11.8. The normalized spacial score (nSPS) is 12.9. The minimum absolute atomic E-state index is 0.250. The largest absolute Gasteiger partial charge is 0.493 e. The van der Waals surface area contributed by atoms with Crippen LogP contribution < -0.4 is 10.1 Å². The number of hydrogen-bond acceptors (Lipinski definition) is 3. The van der Waals surface area contributed by atoms with E-state index in [0.29, 0.717) is 0 Å². The second-order valence-electron chi connectivity index (χ2n) is 4.20. The van der Waals surface area contributed by atoms with Crippen LogP contribution >= 0.6 is 0 Å². The molecule has 0 aromatic heterocycles. The van der Waals surface area contributed by atoms with E-state index in [1.807, 2.05) is 12.1 Å². The van der Waals surface area contributed by atoms with Crippen LogP contribution in [0.15, 0.2) is 18.2 Å². The number of carboxylic acid groups (broad SMARTS) is 1. The van der Waals surface area contributed by atoms with Gasteiger partial charge in [0.15, 0.2) is 0 Å². The first-order chi connectivity index (χ1) is 8.25. The fourth-order valence-corrected chi connectivity index (χ4v) is 1.93. The monoisotopic (exact) mass is 235 g/mol. The molecule has 0 saturated carbocycles. The van der Waals surface area contributed by atoms with Gasteiger partial charge < -0.3 is 15.2 Å². The Balaban J connectivity index is 1.74. The summed E-state index contributed by atoms with van der Waals surface area (Å²) < 4.78 is 5.43. The summed E-state index contributed by atoms with van der Waals surface area (Å²) in [5.41, 5.74) is 2.34. The highest BCUT2D eigenvalue weighted by Crippen LogP contribution is 2.27. The number of benzene rings is 1. The molecule has 0 bridgehead atoms. The van der Waals surface area contributed by atoms with Crippen molar-refractivity contribution < 1.29 is 14.6 Å². The lowest BCUT2D eigenvalue weighted by atomic mass is 10.1. The minimum Gasteiger partial charge on any atom is -0.493 e. The Morgan fingerprint density at radius 3 is 3.12 bits per heavy atom. The number of unbranched alkanes of at least 4 members (excludes halogenated alkanes) is 1. The lowest BCUT2D eigenvalue weighted by Crippen LogP contribution is -2.03. The molecule has 4 nitrogen and oxygen atoms in total. The maximum absolute atomic E-state index is 10.3. The van der Waals surface area contributed by atoms with E-state index < -0.39 is 5.97 Å². The van der Waals surface area contributed by atoms with Crippen molar-refractivity contribution in [3.63, 3.8) is 0 Å². The number of nitrogens with one attached hydrogen (secondary N) is 1. The molecule has 0 saturated heterocycles. The molecule has 17 heavy (non-hydrogen) atoms. The summed E-state index contributed by atoms with van der Waals surface area (Å²) in [6, 6.07) is 6.10. The standard InChI is InChI=1S/C13H17NO3/c15-13(16)3-1-2-7-14-11-4-5-12-10(9-11)6-8-17-12/h4-5,9,14H,1-3,6-8H2,(H,15,16). The summed E-state index contributed by atoms with van der Waals surface area (Å²) in [4.78, 5) is 10.3. The van der Waals surface area contributed by atoms with E-state index in [-0.39, 0.29) is 6.42 Å². The molecule has 1 aromatic carbocycles. The SMILES string of the molecule is O=C(O)CCCCNc1ccc2c(c1)CCO2. The second kappa shape index (κ2) is 5.57. The number of carbonyl (C=O) groups is 1. The molecule has 0 aliphatic carbocycles. The third-order valence-electron chi connectivity index (χ3n) is 2.84. The van der Waals surface area contributed by atoms with Crippen LogP contribution in [0.25, 0.3) is 0 Å². The Kier molecular flexibility index (Phi) is 3.85. The molecule has 4 heteroatoms. The van der Waals surface area contributed by atoms with Crippen molar-refractivity contribution in [3.05, 3.63) is 23.8 Å². The van der Waals surface area contributed by atoms with Gasteiger partial charge in [0, 0.05) is 25.1 Å². The highest BCUT2D eigenvalue weighted by Gasteiger charge is 2.11. The van der Waals surface area contributed by atoms with E-state index in [9.17, 15) is 4.79 Å². The van der Waals surface area contributed by atoms with Gasteiger partial charge in [-0.1, -0.05) is 0 Å². The quantitative estimate of drug-likeness (QED) is 0.743. The maximum Gasteiger partial charge on any atom is 0.303 e. The third-order valence-corrected chi connectivity index (χ3v) is 2.84. The Labute approximate surface area is 101 Å². The van der Waals surface area contributed by atoms with Gasteiger partial charge in [-0.2, -0.15) is 0 Å². The smallest absolute Gasteiger partial charge is 0.303 e. The van der Waals surface area contributed by atoms with E-state index in [0.717, 1.165) is 43.9 Å². The number of ether oxygens (including phenoxy) is 1. The molecule has 2 rings (SSSR count). The molecule has 1 aromatic rings. The third kappa shape index (κ3) is 3.37. The van der Waals surface area contributed by atoms with Gasteiger partial charge in [-0.05, 0) is 36.6 Å². The van der Waals surface area contributed by atoms with Crippen molar-refractivity contribution in [2.75, 3.05) is 18.5 Å². The van der Waals surface area contributed by atoms with Gasteiger partial charge in [-0.25, -0.2) is 0 Å².